The van der Waals surface area contributed by atoms with Gasteiger partial charge in [-0.2, -0.15) is 5.10 Å². The fraction of sp³-hybridized carbons (Fsp3) is 0.0952. The average Bonchev–Trinajstić information content (AvgIpc) is 3.27. The molecule has 0 aliphatic heterocycles. The summed E-state index contributed by atoms with van der Waals surface area (Å²) < 4.78 is 14.1. The van der Waals surface area contributed by atoms with Gasteiger partial charge in [-0.05, 0) is 18.2 Å². The van der Waals surface area contributed by atoms with Crippen LogP contribution in [-0.2, 0) is 0 Å². The summed E-state index contributed by atoms with van der Waals surface area (Å²) in [6.45, 7) is -0.296. The van der Waals surface area contributed by atoms with Crippen LogP contribution >= 0.6 is 0 Å². The Morgan fingerprint density at radius 2 is 1.97 bits per heavy atom. The zero-order valence-corrected chi connectivity index (χ0v) is 15.6. The highest BCUT2D eigenvalue weighted by molar-refractivity contribution is 5.93. The molecular formula is C21H16FN7O. The zero-order chi connectivity index (χ0) is 20.5. The molecule has 0 aliphatic rings. The minimum absolute atomic E-state index is 0.296. The average molecular weight is 401 g/mol. The van der Waals surface area contributed by atoms with Crippen molar-refractivity contribution in [2.24, 2.45) is 0 Å². The first kappa shape index (κ1) is 18.1. The highest BCUT2D eigenvalue weighted by Gasteiger charge is 2.16. The highest BCUT2D eigenvalue weighted by Crippen LogP contribution is 2.27. The topological polar surface area (TPSA) is 112 Å². The number of aliphatic hydroxyl groups excluding tert-OH is 1. The van der Waals surface area contributed by atoms with Crippen LogP contribution in [0.15, 0.2) is 61.2 Å². The van der Waals surface area contributed by atoms with Crippen LogP contribution in [0.5, 0.6) is 0 Å². The SMILES string of the molecule is OC[C@@H](Nc1ncc2cc(-c3ncnc4[nH]ncc34)ccc2n1)c1ccccc1F. The maximum absolute atomic E-state index is 14.1. The second-order valence-corrected chi connectivity index (χ2v) is 6.72. The number of anilines is 1. The van der Waals surface area contributed by atoms with Crippen LogP contribution in [0.4, 0.5) is 10.3 Å². The van der Waals surface area contributed by atoms with Gasteiger partial charge in [0.25, 0.3) is 0 Å². The van der Waals surface area contributed by atoms with Crippen molar-refractivity contribution >= 4 is 27.9 Å². The molecule has 9 heteroatoms. The monoisotopic (exact) mass is 401 g/mol. The van der Waals surface area contributed by atoms with Crippen LogP contribution in [0.3, 0.4) is 0 Å². The Morgan fingerprint density at radius 3 is 2.83 bits per heavy atom. The summed E-state index contributed by atoms with van der Waals surface area (Å²) in [6, 6.07) is 11.4. The van der Waals surface area contributed by atoms with Gasteiger partial charge in [-0.1, -0.05) is 24.3 Å². The van der Waals surface area contributed by atoms with E-state index in [1.807, 2.05) is 18.2 Å². The number of rotatable bonds is 5. The summed E-state index contributed by atoms with van der Waals surface area (Å²) in [7, 11) is 0. The van der Waals surface area contributed by atoms with E-state index in [4.69, 9.17) is 0 Å². The molecule has 0 saturated heterocycles. The molecule has 3 aromatic heterocycles. The lowest BCUT2D eigenvalue weighted by Gasteiger charge is -2.17. The van der Waals surface area contributed by atoms with Crippen LogP contribution in [0, 0.1) is 5.82 Å². The Kier molecular flexibility index (Phi) is 4.49. The smallest absolute Gasteiger partial charge is 0.223 e. The number of halogens is 1. The van der Waals surface area contributed by atoms with Crippen LogP contribution < -0.4 is 5.32 Å². The zero-order valence-electron chi connectivity index (χ0n) is 15.6. The molecule has 3 heterocycles. The second kappa shape index (κ2) is 7.45. The Morgan fingerprint density at radius 1 is 1.07 bits per heavy atom. The van der Waals surface area contributed by atoms with E-state index in [0.717, 1.165) is 22.0 Å². The lowest BCUT2D eigenvalue weighted by Crippen LogP contribution is -2.17. The Bertz CT molecular complexity index is 1350. The van der Waals surface area contributed by atoms with Crippen molar-refractivity contribution in [1.29, 1.82) is 0 Å². The standard InChI is InChI=1S/C21H16FN7O/c22-16-4-2-1-3-14(16)18(10-30)28-21-23-8-13-7-12(5-6-17(13)27-21)19-15-9-26-29-20(15)25-11-24-19/h1-9,11,18,30H,10H2,(H,23,27,28)(H,24,25,26,29)/t18-/m1/s1. The van der Waals surface area contributed by atoms with Gasteiger partial charge in [-0.3, -0.25) is 5.10 Å². The number of H-pyrrole nitrogens is 1. The third-order valence-electron chi connectivity index (χ3n) is 4.87. The number of nitrogens with zero attached hydrogens (tertiary/aromatic N) is 5. The fourth-order valence-electron chi connectivity index (χ4n) is 3.38. The summed E-state index contributed by atoms with van der Waals surface area (Å²) in [5.74, 6) is -0.0956. The molecule has 0 radical (unpaired) electrons. The number of hydrogen-bond donors (Lipinski definition) is 3. The lowest BCUT2D eigenvalue weighted by atomic mass is 10.1. The van der Waals surface area contributed by atoms with E-state index in [1.165, 1.54) is 12.4 Å². The molecule has 5 aromatic rings. The number of benzene rings is 2. The summed E-state index contributed by atoms with van der Waals surface area (Å²) in [6.07, 6.45) is 4.86. The van der Waals surface area contributed by atoms with Crippen molar-refractivity contribution in [3.05, 3.63) is 72.6 Å². The van der Waals surface area contributed by atoms with Crippen LogP contribution in [0.25, 0.3) is 33.2 Å². The minimum Gasteiger partial charge on any atom is -0.394 e. The van der Waals surface area contributed by atoms with Crippen LogP contribution in [-0.4, -0.2) is 41.8 Å². The molecule has 1 atom stereocenters. The van der Waals surface area contributed by atoms with Gasteiger partial charge in [0.2, 0.25) is 5.95 Å². The van der Waals surface area contributed by atoms with Gasteiger partial charge in [-0.15, -0.1) is 0 Å². The van der Waals surface area contributed by atoms with Gasteiger partial charge >= 0.3 is 0 Å². The van der Waals surface area contributed by atoms with Gasteiger partial charge in [0.1, 0.15) is 12.1 Å². The van der Waals surface area contributed by atoms with E-state index >= 15 is 0 Å². The van der Waals surface area contributed by atoms with Crippen molar-refractivity contribution in [2.45, 2.75) is 6.04 Å². The molecular weight excluding hydrogens is 385 g/mol. The summed E-state index contributed by atoms with van der Waals surface area (Å²) in [4.78, 5) is 17.4. The Balaban J connectivity index is 1.48. The lowest BCUT2D eigenvalue weighted by molar-refractivity contribution is 0.273. The molecule has 0 aliphatic carbocycles. The fourth-order valence-corrected chi connectivity index (χ4v) is 3.38. The van der Waals surface area contributed by atoms with Crippen molar-refractivity contribution in [2.75, 3.05) is 11.9 Å². The predicted octanol–water partition coefficient (Wildman–Crippen LogP) is 3.25. The predicted molar refractivity (Wildman–Crippen MR) is 110 cm³/mol. The highest BCUT2D eigenvalue weighted by atomic mass is 19.1. The summed E-state index contributed by atoms with van der Waals surface area (Å²) in [5.41, 5.74) is 3.38. The van der Waals surface area contributed by atoms with Crippen molar-refractivity contribution < 1.29 is 9.50 Å². The molecule has 0 spiro atoms. The number of hydrogen-bond acceptors (Lipinski definition) is 7. The van der Waals surface area contributed by atoms with Crippen LogP contribution in [0.1, 0.15) is 11.6 Å². The molecule has 0 bridgehead atoms. The number of fused-ring (bicyclic) bond motifs is 2. The van der Waals surface area contributed by atoms with Gasteiger partial charge in [-0.25, -0.2) is 24.3 Å². The van der Waals surface area contributed by atoms with Crippen molar-refractivity contribution in [1.82, 2.24) is 30.1 Å². The number of nitrogens with one attached hydrogen (secondary N) is 2. The molecule has 0 fully saturated rings. The van der Waals surface area contributed by atoms with E-state index in [-0.39, 0.29) is 6.61 Å². The van der Waals surface area contributed by atoms with E-state index in [0.29, 0.717) is 22.7 Å². The van der Waals surface area contributed by atoms with Crippen molar-refractivity contribution in [3.63, 3.8) is 0 Å². The maximum Gasteiger partial charge on any atom is 0.223 e. The van der Waals surface area contributed by atoms with Gasteiger partial charge in [0, 0.05) is 22.7 Å². The molecule has 3 N–H and O–H groups in total. The first-order chi connectivity index (χ1) is 14.7. The first-order valence-electron chi connectivity index (χ1n) is 9.26. The molecule has 148 valence electrons. The van der Waals surface area contributed by atoms with E-state index in [1.54, 1.807) is 30.6 Å². The van der Waals surface area contributed by atoms with Gasteiger partial charge in [0.05, 0.1) is 35.4 Å². The Labute approximate surface area is 169 Å². The van der Waals surface area contributed by atoms with E-state index in [9.17, 15) is 9.50 Å². The normalized spacial score (nSPS) is 12.3. The third-order valence-corrected chi connectivity index (χ3v) is 4.87. The molecule has 0 saturated carbocycles. The largest absolute Gasteiger partial charge is 0.394 e. The van der Waals surface area contributed by atoms with E-state index in [2.05, 4.69) is 35.5 Å². The summed E-state index contributed by atoms with van der Waals surface area (Å²) >= 11 is 0. The molecule has 0 amide bonds. The van der Waals surface area contributed by atoms with Gasteiger partial charge in [0.15, 0.2) is 5.65 Å². The Hall–Kier alpha value is -3.98. The number of aromatic amines is 1. The first-order valence-corrected chi connectivity index (χ1v) is 9.26. The second-order valence-electron chi connectivity index (χ2n) is 6.72. The third kappa shape index (κ3) is 3.20. The molecule has 0 unspecified atom stereocenters. The molecule has 5 rings (SSSR count). The van der Waals surface area contributed by atoms with E-state index < -0.39 is 11.9 Å². The maximum atomic E-state index is 14.1. The minimum atomic E-state index is -0.654. The van der Waals surface area contributed by atoms with Crippen LogP contribution in [0.2, 0.25) is 0 Å². The quantitative estimate of drug-likeness (QED) is 0.414. The van der Waals surface area contributed by atoms with Crippen molar-refractivity contribution in [3.8, 4) is 11.3 Å². The molecule has 8 nitrogen and oxygen atoms in total. The molecule has 30 heavy (non-hydrogen) atoms. The van der Waals surface area contributed by atoms with Gasteiger partial charge < -0.3 is 10.4 Å². The summed E-state index contributed by atoms with van der Waals surface area (Å²) in [5, 5.41) is 21.2. The number of aliphatic hydroxyl groups is 1. The molecule has 2 aromatic carbocycles. The number of aromatic nitrogens is 6.